The Kier molecular flexibility index (Phi) is 12.0. The lowest BCUT2D eigenvalue weighted by atomic mass is 10.1. The number of methoxy groups -OCH3 is 1. The van der Waals surface area contributed by atoms with E-state index in [9.17, 15) is 0 Å². The maximum Gasteiger partial charge on any atom is 0.193 e. The van der Waals surface area contributed by atoms with Crippen LogP contribution in [-0.4, -0.2) is 93.3 Å². The first-order chi connectivity index (χ1) is 14.3. The van der Waals surface area contributed by atoms with E-state index in [1.807, 2.05) is 0 Å². The summed E-state index contributed by atoms with van der Waals surface area (Å²) in [5.74, 6) is 1.72. The minimum atomic E-state index is 0. The molecular weight excluding hydrogens is 489 g/mol. The predicted molar refractivity (Wildman–Crippen MR) is 136 cm³/mol. The van der Waals surface area contributed by atoms with Crippen molar-refractivity contribution in [2.24, 2.45) is 10.9 Å². The highest BCUT2D eigenvalue weighted by atomic mass is 127. The first-order valence-electron chi connectivity index (χ1n) is 11.3. The number of ether oxygens (including phenoxy) is 1. The van der Waals surface area contributed by atoms with Crippen LogP contribution in [-0.2, 0) is 11.3 Å². The molecule has 0 radical (unpaired) electrons. The molecule has 30 heavy (non-hydrogen) atoms. The van der Waals surface area contributed by atoms with Crippen LogP contribution in [0.15, 0.2) is 35.3 Å². The summed E-state index contributed by atoms with van der Waals surface area (Å²) < 4.78 is 5.32. The van der Waals surface area contributed by atoms with E-state index in [1.54, 1.807) is 7.11 Å². The Morgan fingerprint density at radius 3 is 2.53 bits per heavy atom. The van der Waals surface area contributed by atoms with Crippen molar-refractivity contribution in [1.82, 2.24) is 20.0 Å². The Hall–Kier alpha value is -0.900. The molecule has 1 aromatic rings. The minimum absolute atomic E-state index is 0. The Labute approximate surface area is 200 Å². The molecule has 2 saturated heterocycles. The summed E-state index contributed by atoms with van der Waals surface area (Å²) in [4.78, 5) is 12.5. The highest BCUT2D eigenvalue weighted by Gasteiger charge is 2.24. The van der Waals surface area contributed by atoms with Gasteiger partial charge in [0.05, 0.1) is 6.61 Å². The van der Waals surface area contributed by atoms with Gasteiger partial charge in [0.1, 0.15) is 0 Å². The first kappa shape index (κ1) is 25.4. The molecular formula is C23H40IN5O. The zero-order valence-electron chi connectivity index (χ0n) is 18.8. The molecule has 3 rings (SSSR count). The van der Waals surface area contributed by atoms with Crippen molar-refractivity contribution in [2.45, 2.75) is 26.3 Å². The van der Waals surface area contributed by atoms with Crippen LogP contribution in [0.2, 0.25) is 0 Å². The maximum atomic E-state index is 5.32. The lowest BCUT2D eigenvalue weighted by Gasteiger charge is -2.34. The average Bonchev–Trinajstić information content (AvgIpc) is 3.21. The molecule has 0 saturated carbocycles. The molecule has 2 heterocycles. The zero-order chi connectivity index (χ0) is 20.3. The highest BCUT2D eigenvalue weighted by molar-refractivity contribution is 14.0. The Morgan fingerprint density at radius 1 is 1.10 bits per heavy atom. The maximum absolute atomic E-state index is 5.32. The van der Waals surface area contributed by atoms with E-state index >= 15 is 0 Å². The van der Waals surface area contributed by atoms with Gasteiger partial charge in [0.2, 0.25) is 0 Å². The molecule has 0 bridgehead atoms. The number of benzene rings is 1. The molecule has 6 nitrogen and oxygen atoms in total. The Morgan fingerprint density at radius 2 is 1.83 bits per heavy atom. The van der Waals surface area contributed by atoms with Gasteiger partial charge in [-0.05, 0) is 25.3 Å². The van der Waals surface area contributed by atoms with Crippen LogP contribution in [0.4, 0.5) is 0 Å². The number of aliphatic imine (C=N–C) groups is 1. The zero-order valence-corrected chi connectivity index (χ0v) is 21.1. The SMILES string of the molecule is CCNC(=NCCCN1CCN(Cc2ccccc2)CC1)N1CCC(COC)C1.I. The lowest BCUT2D eigenvalue weighted by molar-refractivity contribution is 0.127. The smallest absolute Gasteiger partial charge is 0.193 e. The van der Waals surface area contributed by atoms with Gasteiger partial charge < -0.3 is 19.9 Å². The van der Waals surface area contributed by atoms with Crippen LogP contribution in [0.1, 0.15) is 25.3 Å². The largest absolute Gasteiger partial charge is 0.384 e. The molecule has 170 valence electrons. The first-order valence-corrected chi connectivity index (χ1v) is 11.3. The highest BCUT2D eigenvalue weighted by Crippen LogP contribution is 2.16. The van der Waals surface area contributed by atoms with Gasteiger partial charge in [-0.1, -0.05) is 30.3 Å². The van der Waals surface area contributed by atoms with Crippen molar-refractivity contribution >= 4 is 29.9 Å². The minimum Gasteiger partial charge on any atom is -0.384 e. The predicted octanol–water partition coefficient (Wildman–Crippen LogP) is 2.75. The van der Waals surface area contributed by atoms with Crippen molar-refractivity contribution < 1.29 is 4.74 Å². The van der Waals surface area contributed by atoms with Crippen LogP contribution in [0.25, 0.3) is 0 Å². The lowest BCUT2D eigenvalue weighted by Crippen LogP contribution is -2.46. The van der Waals surface area contributed by atoms with Gasteiger partial charge in [-0.3, -0.25) is 9.89 Å². The molecule has 0 aliphatic carbocycles. The fourth-order valence-electron chi connectivity index (χ4n) is 4.31. The third-order valence-corrected chi connectivity index (χ3v) is 5.93. The molecule has 1 atom stereocenters. The van der Waals surface area contributed by atoms with Crippen molar-refractivity contribution in [2.75, 3.05) is 72.6 Å². The van der Waals surface area contributed by atoms with E-state index in [0.29, 0.717) is 5.92 Å². The van der Waals surface area contributed by atoms with Crippen molar-refractivity contribution in [1.29, 1.82) is 0 Å². The summed E-state index contributed by atoms with van der Waals surface area (Å²) in [5.41, 5.74) is 1.42. The molecule has 1 aromatic carbocycles. The summed E-state index contributed by atoms with van der Waals surface area (Å²) in [6.07, 6.45) is 2.33. The molecule has 1 N–H and O–H groups in total. The average molecular weight is 530 g/mol. The molecule has 2 fully saturated rings. The topological polar surface area (TPSA) is 43.3 Å². The fraction of sp³-hybridized carbons (Fsp3) is 0.696. The van der Waals surface area contributed by atoms with Gasteiger partial charge in [0.25, 0.3) is 0 Å². The van der Waals surface area contributed by atoms with Gasteiger partial charge in [0.15, 0.2) is 5.96 Å². The van der Waals surface area contributed by atoms with Crippen molar-refractivity contribution in [3.05, 3.63) is 35.9 Å². The third-order valence-electron chi connectivity index (χ3n) is 5.93. The van der Waals surface area contributed by atoms with Crippen LogP contribution in [0, 0.1) is 5.92 Å². The fourth-order valence-corrected chi connectivity index (χ4v) is 4.31. The van der Waals surface area contributed by atoms with E-state index in [2.05, 4.69) is 57.3 Å². The number of hydrogen-bond donors (Lipinski definition) is 1. The van der Waals surface area contributed by atoms with Crippen LogP contribution in [0.5, 0.6) is 0 Å². The number of piperazine rings is 1. The van der Waals surface area contributed by atoms with Crippen LogP contribution < -0.4 is 5.32 Å². The summed E-state index contributed by atoms with van der Waals surface area (Å²) in [6, 6.07) is 10.8. The second-order valence-electron chi connectivity index (χ2n) is 8.25. The molecule has 0 amide bonds. The van der Waals surface area contributed by atoms with Crippen molar-refractivity contribution in [3.63, 3.8) is 0 Å². The molecule has 7 heteroatoms. The number of guanidine groups is 1. The number of rotatable bonds is 9. The standard InChI is InChI=1S/C23H39N5O.HI/c1-3-24-23(28-13-10-22(19-28)20-29-2)25-11-7-12-26-14-16-27(17-15-26)18-21-8-5-4-6-9-21;/h4-6,8-9,22H,3,7,10-20H2,1-2H3,(H,24,25);1H. The molecule has 2 aliphatic heterocycles. The normalized spacial score (nSPS) is 20.9. The number of nitrogens with one attached hydrogen (secondary N) is 1. The summed E-state index contributed by atoms with van der Waals surface area (Å²) >= 11 is 0. The van der Waals surface area contributed by atoms with Gasteiger partial charge in [-0.2, -0.15) is 0 Å². The molecule has 0 spiro atoms. The Bertz CT molecular complexity index is 607. The van der Waals surface area contributed by atoms with Crippen molar-refractivity contribution in [3.8, 4) is 0 Å². The summed E-state index contributed by atoms with van der Waals surface area (Å²) in [5, 5.41) is 3.47. The van der Waals surface area contributed by atoms with Gasteiger partial charge in [0, 0.05) is 78.5 Å². The third kappa shape index (κ3) is 8.32. The quantitative estimate of drug-likeness (QED) is 0.231. The van der Waals surface area contributed by atoms with E-state index in [-0.39, 0.29) is 24.0 Å². The van der Waals surface area contributed by atoms with Crippen LogP contribution >= 0.6 is 24.0 Å². The van der Waals surface area contributed by atoms with E-state index in [0.717, 1.165) is 71.3 Å². The summed E-state index contributed by atoms with van der Waals surface area (Å²) in [6.45, 7) is 13.9. The molecule has 1 unspecified atom stereocenters. The van der Waals surface area contributed by atoms with Crippen LogP contribution in [0.3, 0.4) is 0 Å². The Balaban J connectivity index is 0.00000320. The number of nitrogens with zero attached hydrogens (tertiary/aromatic N) is 4. The van der Waals surface area contributed by atoms with Gasteiger partial charge in [-0.25, -0.2) is 0 Å². The molecule has 2 aliphatic rings. The van der Waals surface area contributed by atoms with Gasteiger partial charge >= 0.3 is 0 Å². The number of halogens is 1. The second-order valence-corrected chi connectivity index (χ2v) is 8.25. The number of likely N-dealkylation sites (tertiary alicyclic amines) is 1. The van der Waals surface area contributed by atoms with Gasteiger partial charge in [-0.15, -0.1) is 24.0 Å². The van der Waals surface area contributed by atoms with E-state index in [4.69, 9.17) is 9.73 Å². The number of hydrogen-bond acceptors (Lipinski definition) is 4. The van der Waals surface area contributed by atoms with E-state index in [1.165, 1.54) is 25.1 Å². The second kappa shape index (κ2) is 14.2. The van der Waals surface area contributed by atoms with E-state index < -0.39 is 0 Å². The monoisotopic (exact) mass is 529 g/mol. The summed E-state index contributed by atoms with van der Waals surface area (Å²) in [7, 11) is 1.80. The molecule has 0 aromatic heterocycles.